The van der Waals surface area contributed by atoms with Crippen molar-refractivity contribution in [3.63, 3.8) is 0 Å². The van der Waals surface area contributed by atoms with Crippen LogP contribution in [-0.2, 0) is 23.8 Å². The summed E-state index contributed by atoms with van der Waals surface area (Å²) >= 11 is 0. The molecule has 0 spiro atoms. The van der Waals surface area contributed by atoms with Crippen molar-refractivity contribution in [2.45, 2.75) is 44.7 Å². The van der Waals surface area contributed by atoms with Crippen LogP contribution in [0.5, 0.6) is 0 Å². The summed E-state index contributed by atoms with van der Waals surface area (Å²) in [6.07, 6.45) is -0.745. The highest BCUT2D eigenvalue weighted by Gasteiger charge is 2.65. The van der Waals surface area contributed by atoms with Crippen molar-refractivity contribution >= 4 is 11.9 Å². The Bertz CT molecular complexity index is 427. The fraction of sp³-hybridized carbons (Fsp3) is 0.692. The van der Waals surface area contributed by atoms with Gasteiger partial charge >= 0.3 is 11.9 Å². The molecule has 5 atom stereocenters. The molecule has 0 saturated carbocycles. The average Bonchev–Trinajstić information content (AvgIpc) is 2.92. The lowest BCUT2D eigenvalue weighted by Crippen LogP contribution is -2.40. The lowest BCUT2D eigenvalue weighted by molar-refractivity contribution is -0.157. The van der Waals surface area contributed by atoms with E-state index in [1.165, 1.54) is 0 Å². The fourth-order valence-corrected chi connectivity index (χ4v) is 2.82. The minimum atomic E-state index is -0.472. The lowest BCUT2D eigenvalue weighted by Gasteiger charge is -2.23. The molecule has 5 unspecified atom stereocenters. The van der Waals surface area contributed by atoms with Gasteiger partial charge in [-0.1, -0.05) is 20.4 Å². The highest BCUT2D eigenvalue weighted by atomic mass is 16.7. The summed E-state index contributed by atoms with van der Waals surface area (Å²) in [6.45, 7) is 7.47. The molecule has 0 N–H and O–H groups in total. The molecule has 98 valence electrons. The maximum absolute atomic E-state index is 11.9. The second-order valence-electron chi connectivity index (χ2n) is 5.43. The molecule has 2 bridgehead atoms. The highest BCUT2D eigenvalue weighted by Crippen LogP contribution is 2.47. The van der Waals surface area contributed by atoms with Crippen LogP contribution in [0.25, 0.3) is 0 Å². The van der Waals surface area contributed by atoms with E-state index in [0.717, 1.165) is 0 Å². The molecular weight excluding hydrogens is 236 g/mol. The number of fused-ring (bicyclic) bond motifs is 1. The van der Waals surface area contributed by atoms with Gasteiger partial charge < -0.3 is 14.2 Å². The Kier molecular flexibility index (Phi) is 2.48. The van der Waals surface area contributed by atoms with Crippen LogP contribution in [0, 0.1) is 11.8 Å². The molecule has 3 aliphatic rings. The molecule has 3 heterocycles. The molecule has 0 amide bonds. The summed E-state index contributed by atoms with van der Waals surface area (Å²) in [5.74, 6) is -0.779. The van der Waals surface area contributed by atoms with Gasteiger partial charge in [0.25, 0.3) is 0 Å². The fourth-order valence-electron chi connectivity index (χ4n) is 2.82. The molecule has 3 rings (SSSR count). The molecule has 3 saturated heterocycles. The van der Waals surface area contributed by atoms with Gasteiger partial charge in [0.05, 0.1) is 12.0 Å². The third-order valence-electron chi connectivity index (χ3n) is 3.99. The second-order valence-corrected chi connectivity index (χ2v) is 5.43. The Balaban J connectivity index is 1.71. The summed E-state index contributed by atoms with van der Waals surface area (Å²) in [4.78, 5) is 23.4. The van der Waals surface area contributed by atoms with Crippen LogP contribution >= 0.6 is 0 Å². The molecule has 5 nitrogen and oxygen atoms in total. The first-order valence-electron chi connectivity index (χ1n) is 6.24. The van der Waals surface area contributed by atoms with Crippen LogP contribution in [0.15, 0.2) is 12.2 Å². The predicted octanol–water partition coefficient (Wildman–Crippen LogP) is 0.823. The molecule has 0 aromatic heterocycles. The molecule has 0 aromatic carbocycles. The number of carbonyl (C=O) groups is 2. The van der Waals surface area contributed by atoms with E-state index in [1.807, 2.05) is 13.8 Å². The summed E-state index contributed by atoms with van der Waals surface area (Å²) < 4.78 is 16.3. The Labute approximate surface area is 105 Å². The Morgan fingerprint density at radius 3 is 2.83 bits per heavy atom. The zero-order chi connectivity index (χ0) is 13.0. The Hall–Kier alpha value is -1.36. The number of hydrogen-bond donors (Lipinski definition) is 0. The van der Waals surface area contributed by atoms with E-state index in [1.54, 1.807) is 0 Å². The van der Waals surface area contributed by atoms with Gasteiger partial charge in [0.15, 0.2) is 12.2 Å². The molecule has 18 heavy (non-hydrogen) atoms. The van der Waals surface area contributed by atoms with E-state index >= 15 is 0 Å². The Morgan fingerprint density at radius 1 is 1.44 bits per heavy atom. The van der Waals surface area contributed by atoms with E-state index in [9.17, 15) is 9.59 Å². The van der Waals surface area contributed by atoms with Crippen molar-refractivity contribution in [3.05, 3.63) is 12.2 Å². The van der Waals surface area contributed by atoms with Crippen LogP contribution in [-0.4, -0.2) is 36.4 Å². The molecule has 5 heteroatoms. The van der Waals surface area contributed by atoms with Crippen molar-refractivity contribution < 1.29 is 23.8 Å². The van der Waals surface area contributed by atoms with Gasteiger partial charge in [-0.25, -0.2) is 4.79 Å². The average molecular weight is 252 g/mol. The molecule has 3 aliphatic heterocycles. The van der Waals surface area contributed by atoms with Crippen LogP contribution in [0.4, 0.5) is 0 Å². The number of ether oxygens (including phenoxy) is 3. The third kappa shape index (κ3) is 1.50. The number of hydrogen-bond acceptors (Lipinski definition) is 5. The zero-order valence-corrected chi connectivity index (χ0v) is 10.4. The van der Waals surface area contributed by atoms with Crippen LogP contribution in [0.3, 0.4) is 0 Å². The van der Waals surface area contributed by atoms with E-state index in [4.69, 9.17) is 14.2 Å². The van der Waals surface area contributed by atoms with E-state index in [-0.39, 0.29) is 30.0 Å². The quantitative estimate of drug-likeness (QED) is 0.550. The molecule has 3 fully saturated rings. The van der Waals surface area contributed by atoms with Crippen LogP contribution in [0.2, 0.25) is 0 Å². The van der Waals surface area contributed by atoms with E-state index in [2.05, 4.69) is 6.58 Å². The van der Waals surface area contributed by atoms with E-state index < -0.39 is 18.2 Å². The SMILES string of the molecule is C=C(C(=O)OC1C2CC3C(=O)OC1C3O2)C(C)C. The van der Waals surface area contributed by atoms with Crippen LogP contribution < -0.4 is 0 Å². The minimum absolute atomic E-state index is 0.0379. The standard InChI is InChI=1S/C13H16O5/c1-5(2)6(3)12(14)17-10-8-4-7-9(16-8)11(10)18-13(7)15/h5,7-11H,3-4H2,1-2H3. The summed E-state index contributed by atoms with van der Waals surface area (Å²) in [5, 5.41) is 0. The first kappa shape index (κ1) is 11.7. The topological polar surface area (TPSA) is 61.8 Å². The van der Waals surface area contributed by atoms with Crippen molar-refractivity contribution in [2.75, 3.05) is 0 Å². The van der Waals surface area contributed by atoms with Gasteiger partial charge in [-0.05, 0) is 12.3 Å². The van der Waals surface area contributed by atoms with Gasteiger partial charge in [0.1, 0.15) is 6.10 Å². The third-order valence-corrected chi connectivity index (χ3v) is 3.99. The molecular formula is C13H16O5. The van der Waals surface area contributed by atoms with Crippen molar-refractivity contribution in [1.29, 1.82) is 0 Å². The van der Waals surface area contributed by atoms with Crippen molar-refractivity contribution in [2.24, 2.45) is 11.8 Å². The smallest absolute Gasteiger partial charge is 0.334 e. The Morgan fingerprint density at radius 2 is 2.17 bits per heavy atom. The highest BCUT2D eigenvalue weighted by molar-refractivity contribution is 5.88. The minimum Gasteiger partial charge on any atom is -0.455 e. The molecule has 0 aromatic rings. The number of esters is 2. The van der Waals surface area contributed by atoms with Gasteiger partial charge in [0, 0.05) is 5.57 Å². The normalized spacial score (nSPS) is 40.2. The predicted molar refractivity (Wildman–Crippen MR) is 60.5 cm³/mol. The second kappa shape index (κ2) is 3.82. The summed E-state index contributed by atoms with van der Waals surface area (Å²) in [5.41, 5.74) is 0.429. The zero-order valence-electron chi connectivity index (χ0n) is 10.4. The van der Waals surface area contributed by atoms with Crippen molar-refractivity contribution in [1.82, 2.24) is 0 Å². The molecule has 0 aliphatic carbocycles. The van der Waals surface area contributed by atoms with Gasteiger partial charge in [0.2, 0.25) is 0 Å². The summed E-state index contributed by atoms with van der Waals surface area (Å²) in [7, 11) is 0. The van der Waals surface area contributed by atoms with Crippen molar-refractivity contribution in [3.8, 4) is 0 Å². The van der Waals surface area contributed by atoms with Crippen LogP contribution in [0.1, 0.15) is 20.3 Å². The first-order chi connectivity index (χ1) is 8.49. The van der Waals surface area contributed by atoms with E-state index in [0.29, 0.717) is 12.0 Å². The van der Waals surface area contributed by atoms with Gasteiger partial charge in [-0.3, -0.25) is 4.79 Å². The largest absolute Gasteiger partial charge is 0.455 e. The maximum atomic E-state index is 11.9. The number of carbonyl (C=O) groups excluding carboxylic acids is 2. The number of rotatable bonds is 3. The monoisotopic (exact) mass is 252 g/mol. The van der Waals surface area contributed by atoms with Gasteiger partial charge in [-0.2, -0.15) is 0 Å². The summed E-state index contributed by atoms with van der Waals surface area (Å²) in [6, 6.07) is 0. The van der Waals surface area contributed by atoms with Gasteiger partial charge in [-0.15, -0.1) is 0 Å². The first-order valence-corrected chi connectivity index (χ1v) is 6.24. The maximum Gasteiger partial charge on any atom is 0.334 e. The lowest BCUT2D eigenvalue weighted by atomic mass is 9.88. The molecule has 0 radical (unpaired) electrons.